The van der Waals surface area contributed by atoms with E-state index in [9.17, 15) is 0 Å². The largest absolute Gasteiger partial charge is 0.313 e. The second kappa shape index (κ2) is 10.0. The van der Waals surface area contributed by atoms with Crippen molar-refractivity contribution in [3.63, 3.8) is 0 Å². The summed E-state index contributed by atoms with van der Waals surface area (Å²) in [5.74, 6) is 0. The highest BCUT2D eigenvalue weighted by atomic mass is 15.1. The lowest BCUT2D eigenvalue weighted by Crippen LogP contribution is -2.20. The molecule has 0 amide bonds. The molecular weight excluding hydrogens is 420 g/mol. The van der Waals surface area contributed by atoms with E-state index in [1.54, 1.807) is 0 Å². The topological polar surface area (TPSA) is 61.2 Å². The van der Waals surface area contributed by atoms with Gasteiger partial charge in [-0.05, 0) is 74.6 Å². The van der Waals surface area contributed by atoms with Gasteiger partial charge in [-0.1, -0.05) is 42.5 Å². The molecule has 3 aromatic heterocycles. The number of pyridine rings is 1. The van der Waals surface area contributed by atoms with Crippen molar-refractivity contribution in [3.8, 4) is 33.6 Å². The molecule has 5 rings (SSSR count). The van der Waals surface area contributed by atoms with Crippen LogP contribution in [0.25, 0.3) is 39.3 Å². The Bertz CT molecular complexity index is 1350. The predicted molar refractivity (Wildman–Crippen MR) is 139 cm³/mol. The minimum atomic E-state index is 0.897. The molecule has 34 heavy (non-hydrogen) atoms. The molecule has 2 aromatic carbocycles. The zero-order valence-electron chi connectivity index (χ0n) is 19.7. The molecule has 0 atom stereocenters. The standard InChI is InChI=1S/C28H30N6/c1-33(2)15-4-13-29-19-21-7-9-22(10-8-21)23-12-16-34-27(20-30-28(34)18-23)25-6-3-5-24(17-25)26-11-14-31-32-26/h3,5-12,14,16-18,20,29H,4,13,15,19H2,1-2H3,(H,31,32). The number of hydrogen-bond acceptors (Lipinski definition) is 4. The van der Waals surface area contributed by atoms with E-state index in [0.29, 0.717) is 0 Å². The van der Waals surface area contributed by atoms with Crippen LogP contribution in [0.2, 0.25) is 0 Å². The third kappa shape index (κ3) is 4.93. The minimum Gasteiger partial charge on any atom is -0.313 e. The van der Waals surface area contributed by atoms with Crippen LogP contribution in [-0.4, -0.2) is 51.7 Å². The van der Waals surface area contributed by atoms with Crippen molar-refractivity contribution in [1.82, 2.24) is 29.8 Å². The van der Waals surface area contributed by atoms with Crippen molar-refractivity contribution in [3.05, 3.63) is 90.9 Å². The van der Waals surface area contributed by atoms with Crippen LogP contribution in [0.15, 0.2) is 85.3 Å². The first-order valence-corrected chi connectivity index (χ1v) is 11.7. The molecule has 0 saturated carbocycles. The lowest BCUT2D eigenvalue weighted by molar-refractivity contribution is 0.394. The van der Waals surface area contributed by atoms with Gasteiger partial charge in [0.05, 0.1) is 17.6 Å². The fourth-order valence-corrected chi connectivity index (χ4v) is 4.20. The molecule has 0 aliphatic heterocycles. The summed E-state index contributed by atoms with van der Waals surface area (Å²) in [6.45, 7) is 3.04. The van der Waals surface area contributed by atoms with Crippen molar-refractivity contribution in [2.45, 2.75) is 13.0 Å². The summed E-state index contributed by atoms with van der Waals surface area (Å²) in [6.07, 6.45) is 7.04. The van der Waals surface area contributed by atoms with Crippen LogP contribution in [0.3, 0.4) is 0 Å². The average Bonchev–Trinajstić information content (AvgIpc) is 3.54. The van der Waals surface area contributed by atoms with Crippen LogP contribution in [-0.2, 0) is 6.54 Å². The summed E-state index contributed by atoms with van der Waals surface area (Å²) in [6, 6.07) is 23.5. The van der Waals surface area contributed by atoms with Gasteiger partial charge in [-0.15, -0.1) is 0 Å². The third-order valence-electron chi connectivity index (χ3n) is 6.04. The van der Waals surface area contributed by atoms with Crippen molar-refractivity contribution in [1.29, 1.82) is 0 Å². The maximum Gasteiger partial charge on any atom is 0.137 e. The van der Waals surface area contributed by atoms with E-state index >= 15 is 0 Å². The molecule has 0 unspecified atom stereocenters. The van der Waals surface area contributed by atoms with E-state index in [1.165, 1.54) is 16.7 Å². The Hall–Kier alpha value is -3.74. The molecule has 0 spiro atoms. The van der Waals surface area contributed by atoms with Gasteiger partial charge >= 0.3 is 0 Å². The molecule has 0 fully saturated rings. The highest BCUT2D eigenvalue weighted by Crippen LogP contribution is 2.28. The van der Waals surface area contributed by atoms with Gasteiger partial charge < -0.3 is 10.2 Å². The molecule has 0 saturated heterocycles. The fraction of sp³-hybridized carbons (Fsp3) is 0.214. The minimum absolute atomic E-state index is 0.897. The van der Waals surface area contributed by atoms with Crippen LogP contribution in [0.1, 0.15) is 12.0 Å². The molecule has 6 nitrogen and oxygen atoms in total. The number of aromatic nitrogens is 4. The van der Waals surface area contributed by atoms with E-state index in [4.69, 9.17) is 0 Å². The third-order valence-corrected chi connectivity index (χ3v) is 6.04. The van der Waals surface area contributed by atoms with Gasteiger partial charge in [-0.25, -0.2) is 4.98 Å². The number of nitrogens with one attached hydrogen (secondary N) is 2. The van der Waals surface area contributed by atoms with Crippen LogP contribution in [0.4, 0.5) is 0 Å². The first-order chi connectivity index (χ1) is 16.7. The van der Waals surface area contributed by atoms with Gasteiger partial charge in [0.25, 0.3) is 0 Å². The van der Waals surface area contributed by atoms with Gasteiger partial charge in [0.1, 0.15) is 5.65 Å². The Kier molecular flexibility index (Phi) is 6.51. The summed E-state index contributed by atoms with van der Waals surface area (Å²) in [5, 5.41) is 10.7. The van der Waals surface area contributed by atoms with E-state index in [0.717, 1.165) is 54.2 Å². The molecule has 0 aliphatic carbocycles. The first-order valence-electron chi connectivity index (χ1n) is 11.7. The Morgan fingerprint density at radius 3 is 2.56 bits per heavy atom. The Balaban J connectivity index is 1.31. The van der Waals surface area contributed by atoms with Crippen molar-refractivity contribution >= 4 is 5.65 Å². The number of benzene rings is 2. The van der Waals surface area contributed by atoms with Gasteiger partial charge in [0.2, 0.25) is 0 Å². The average molecular weight is 451 g/mol. The number of hydrogen-bond donors (Lipinski definition) is 2. The summed E-state index contributed by atoms with van der Waals surface area (Å²) in [4.78, 5) is 6.91. The number of imidazole rings is 1. The van der Waals surface area contributed by atoms with Crippen molar-refractivity contribution in [2.75, 3.05) is 27.2 Å². The number of H-pyrrole nitrogens is 1. The van der Waals surface area contributed by atoms with E-state index < -0.39 is 0 Å². The molecule has 3 heterocycles. The summed E-state index contributed by atoms with van der Waals surface area (Å²) >= 11 is 0. The number of nitrogens with zero attached hydrogens (tertiary/aromatic N) is 4. The normalized spacial score (nSPS) is 11.5. The van der Waals surface area contributed by atoms with E-state index in [2.05, 4.69) is 111 Å². The molecule has 172 valence electrons. The molecular formula is C28H30N6. The van der Waals surface area contributed by atoms with E-state index in [-0.39, 0.29) is 0 Å². The Morgan fingerprint density at radius 1 is 0.912 bits per heavy atom. The Morgan fingerprint density at radius 2 is 1.76 bits per heavy atom. The quantitative estimate of drug-likeness (QED) is 0.307. The summed E-state index contributed by atoms with van der Waals surface area (Å²) in [5.41, 5.74) is 8.80. The zero-order chi connectivity index (χ0) is 23.3. The van der Waals surface area contributed by atoms with Crippen LogP contribution < -0.4 is 5.32 Å². The molecule has 6 heteroatoms. The van der Waals surface area contributed by atoms with Gasteiger partial charge in [-0.3, -0.25) is 9.50 Å². The van der Waals surface area contributed by atoms with Crippen LogP contribution in [0.5, 0.6) is 0 Å². The van der Waals surface area contributed by atoms with Crippen molar-refractivity contribution in [2.24, 2.45) is 0 Å². The molecule has 2 N–H and O–H groups in total. The summed E-state index contributed by atoms with van der Waals surface area (Å²) in [7, 11) is 4.22. The Labute approximate surface area is 200 Å². The number of aromatic amines is 1. The summed E-state index contributed by atoms with van der Waals surface area (Å²) < 4.78 is 2.14. The predicted octanol–water partition coefficient (Wildman–Crippen LogP) is 5.10. The smallest absolute Gasteiger partial charge is 0.137 e. The van der Waals surface area contributed by atoms with Crippen molar-refractivity contribution < 1.29 is 0 Å². The second-order valence-electron chi connectivity index (χ2n) is 8.86. The van der Waals surface area contributed by atoms with E-state index in [1.807, 2.05) is 18.5 Å². The first kappa shape index (κ1) is 22.1. The SMILES string of the molecule is CN(C)CCCNCc1ccc(-c2ccn3c(-c4cccc(-c5cc[nH]n5)c4)cnc3c2)cc1. The van der Waals surface area contributed by atoms with Crippen LogP contribution in [0, 0.1) is 0 Å². The number of rotatable bonds is 9. The molecule has 0 bridgehead atoms. The lowest BCUT2D eigenvalue weighted by atomic mass is 10.0. The van der Waals surface area contributed by atoms with Crippen LogP contribution >= 0.6 is 0 Å². The second-order valence-corrected chi connectivity index (χ2v) is 8.86. The lowest BCUT2D eigenvalue weighted by Gasteiger charge is -2.10. The van der Waals surface area contributed by atoms with Gasteiger partial charge in [0, 0.05) is 30.1 Å². The number of fused-ring (bicyclic) bond motifs is 1. The molecule has 0 radical (unpaired) electrons. The highest BCUT2D eigenvalue weighted by Gasteiger charge is 2.09. The molecule has 0 aliphatic rings. The maximum atomic E-state index is 4.69. The van der Waals surface area contributed by atoms with Gasteiger partial charge in [-0.2, -0.15) is 5.10 Å². The monoisotopic (exact) mass is 450 g/mol. The van der Waals surface area contributed by atoms with Gasteiger partial charge in [0.15, 0.2) is 0 Å². The highest BCUT2D eigenvalue weighted by molar-refractivity contribution is 5.73. The maximum absolute atomic E-state index is 4.69. The zero-order valence-corrected chi connectivity index (χ0v) is 19.7. The molecule has 5 aromatic rings. The fourth-order valence-electron chi connectivity index (χ4n) is 4.20.